The number of hydrogen-bond acceptors (Lipinski definition) is 3. The molecule has 0 spiro atoms. The Morgan fingerprint density at radius 1 is 1.11 bits per heavy atom. The molecule has 0 N–H and O–H groups in total. The summed E-state index contributed by atoms with van der Waals surface area (Å²) in [5.74, 6) is 1.76. The number of carbonyl (C=O) groups excluding carboxylic acids is 1. The van der Waals surface area contributed by atoms with Crippen LogP contribution >= 0.6 is 0 Å². The van der Waals surface area contributed by atoms with Gasteiger partial charge < -0.3 is 9.47 Å². The topological polar surface area (TPSA) is 35.5 Å². The quantitative estimate of drug-likeness (QED) is 0.565. The number of esters is 1. The van der Waals surface area contributed by atoms with E-state index in [0.29, 0.717) is 5.41 Å². The highest BCUT2D eigenvalue weighted by Crippen LogP contribution is 2.62. The van der Waals surface area contributed by atoms with E-state index >= 15 is 0 Å². The van der Waals surface area contributed by atoms with Gasteiger partial charge in [-0.25, -0.2) is 4.79 Å². The molecule has 104 valence electrons. The Morgan fingerprint density at radius 3 is 2.05 bits per heavy atom. The molecule has 3 heteroatoms. The first kappa shape index (κ1) is 11.8. The molecule has 1 unspecified atom stereocenters. The summed E-state index contributed by atoms with van der Waals surface area (Å²) in [6.45, 7) is 5.53. The molecule has 1 heterocycles. The molecule has 5 rings (SSSR count). The molecule has 4 bridgehead atoms. The van der Waals surface area contributed by atoms with Gasteiger partial charge in [0.25, 0.3) is 5.79 Å². The number of carbonyl (C=O) groups is 1. The van der Waals surface area contributed by atoms with Crippen molar-refractivity contribution < 1.29 is 14.3 Å². The first-order valence-corrected chi connectivity index (χ1v) is 7.57. The molecule has 5 aliphatic rings. The maximum Gasteiger partial charge on any atom is 0.376 e. The zero-order valence-corrected chi connectivity index (χ0v) is 11.6. The van der Waals surface area contributed by atoms with E-state index in [2.05, 4.69) is 6.58 Å². The standard InChI is InChI=1S/C16H22O3/c1-10-14(17)19-15(2,18-10)9-16-6-11-3-12(7-16)5-13(4-11)8-16/h11-13H,1,3-9H2,2H3. The molecule has 19 heavy (non-hydrogen) atoms. The van der Waals surface area contributed by atoms with E-state index in [4.69, 9.17) is 9.47 Å². The van der Waals surface area contributed by atoms with Gasteiger partial charge in [0.05, 0.1) is 0 Å². The molecule has 4 aliphatic carbocycles. The third-order valence-corrected chi connectivity index (χ3v) is 5.74. The van der Waals surface area contributed by atoms with Crippen molar-refractivity contribution in [3.8, 4) is 0 Å². The molecule has 0 aromatic carbocycles. The zero-order valence-electron chi connectivity index (χ0n) is 11.6. The van der Waals surface area contributed by atoms with Crippen molar-refractivity contribution in [3.05, 3.63) is 12.3 Å². The molecule has 0 amide bonds. The lowest BCUT2D eigenvalue weighted by Crippen LogP contribution is -2.49. The number of rotatable bonds is 2. The van der Waals surface area contributed by atoms with Gasteiger partial charge >= 0.3 is 5.97 Å². The Hall–Kier alpha value is -0.990. The molecule has 1 atom stereocenters. The average Bonchev–Trinajstić information content (AvgIpc) is 2.48. The Balaban J connectivity index is 1.56. The highest BCUT2D eigenvalue weighted by atomic mass is 16.8. The minimum Gasteiger partial charge on any atom is -0.445 e. The number of cyclic esters (lactones) is 1. The van der Waals surface area contributed by atoms with Gasteiger partial charge in [0, 0.05) is 13.3 Å². The van der Waals surface area contributed by atoms with Crippen molar-refractivity contribution in [3.63, 3.8) is 0 Å². The Labute approximate surface area is 114 Å². The fourth-order valence-corrected chi connectivity index (χ4v) is 5.84. The van der Waals surface area contributed by atoms with E-state index in [9.17, 15) is 4.79 Å². The fourth-order valence-electron chi connectivity index (χ4n) is 5.84. The molecule has 1 aliphatic heterocycles. The highest BCUT2D eigenvalue weighted by Gasteiger charge is 2.55. The lowest BCUT2D eigenvalue weighted by atomic mass is 9.48. The predicted octanol–water partition coefficient (Wildman–Crippen LogP) is 3.40. The van der Waals surface area contributed by atoms with Crippen LogP contribution in [0.5, 0.6) is 0 Å². The highest BCUT2D eigenvalue weighted by molar-refractivity contribution is 5.87. The molecule has 3 nitrogen and oxygen atoms in total. The summed E-state index contributed by atoms with van der Waals surface area (Å²) >= 11 is 0. The van der Waals surface area contributed by atoms with Crippen molar-refractivity contribution in [2.75, 3.05) is 0 Å². The maximum absolute atomic E-state index is 11.5. The fraction of sp³-hybridized carbons (Fsp3) is 0.812. The van der Waals surface area contributed by atoms with Gasteiger partial charge in [-0.2, -0.15) is 0 Å². The second kappa shape index (κ2) is 3.56. The van der Waals surface area contributed by atoms with Crippen LogP contribution in [0.2, 0.25) is 0 Å². The van der Waals surface area contributed by atoms with E-state index in [0.717, 1.165) is 24.2 Å². The molecule has 5 fully saturated rings. The minimum absolute atomic E-state index is 0.173. The smallest absolute Gasteiger partial charge is 0.376 e. The van der Waals surface area contributed by atoms with Gasteiger partial charge in [-0.15, -0.1) is 0 Å². The van der Waals surface area contributed by atoms with Gasteiger partial charge in [-0.05, 0) is 68.3 Å². The van der Waals surface area contributed by atoms with Gasteiger partial charge in [-0.1, -0.05) is 0 Å². The van der Waals surface area contributed by atoms with Crippen LogP contribution in [0.1, 0.15) is 51.9 Å². The van der Waals surface area contributed by atoms with Crippen molar-refractivity contribution in [2.45, 2.75) is 57.7 Å². The Kier molecular flexibility index (Phi) is 2.21. The van der Waals surface area contributed by atoms with Crippen LogP contribution in [0.4, 0.5) is 0 Å². The maximum atomic E-state index is 11.5. The van der Waals surface area contributed by atoms with Crippen LogP contribution in [0.15, 0.2) is 12.3 Å². The van der Waals surface area contributed by atoms with Crippen molar-refractivity contribution in [1.29, 1.82) is 0 Å². The number of ether oxygens (including phenoxy) is 2. The van der Waals surface area contributed by atoms with E-state index in [-0.39, 0.29) is 11.7 Å². The first-order valence-electron chi connectivity index (χ1n) is 7.57. The molecular weight excluding hydrogens is 240 g/mol. The molecule has 4 saturated carbocycles. The lowest BCUT2D eigenvalue weighted by Gasteiger charge is -2.57. The third-order valence-electron chi connectivity index (χ3n) is 5.74. The van der Waals surface area contributed by atoms with Crippen LogP contribution in [-0.4, -0.2) is 11.8 Å². The predicted molar refractivity (Wildman–Crippen MR) is 69.9 cm³/mol. The molecule has 0 aromatic heterocycles. The van der Waals surface area contributed by atoms with E-state index in [1.165, 1.54) is 38.5 Å². The second-order valence-corrected chi connectivity index (χ2v) is 7.64. The molecule has 1 saturated heterocycles. The van der Waals surface area contributed by atoms with Gasteiger partial charge in [0.2, 0.25) is 5.76 Å². The van der Waals surface area contributed by atoms with Crippen molar-refractivity contribution in [1.82, 2.24) is 0 Å². The first-order chi connectivity index (χ1) is 8.95. The summed E-state index contributed by atoms with van der Waals surface area (Å²) in [5, 5.41) is 0. The van der Waals surface area contributed by atoms with Gasteiger partial charge in [0.1, 0.15) is 0 Å². The summed E-state index contributed by atoms with van der Waals surface area (Å²) in [6.07, 6.45) is 9.08. The molecular formula is C16H22O3. The van der Waals surface area contributed by atoms with Crippen LogP contribution in [-0.2, 0) is 14.3 Å². The third kappa shape index (κ3) is 1.81. The second-order valence-electron chi connectivity index (χ2n) is 7.64. The summed E-state index contributed by atoms with van der Waals surface area (Å²) < 4.78 is 11.1. The zero-order chi connectivity index (χ0) is 13.3. The normalized spacial score (nSPS) is 51.3. The molecule has 0 radical (unpaired) electrons. The Morgan fingerprint density at radius 2 is 1.63 bits per heavy atom. The number of hydrogen-bond donors (Lipinski definition) is 0. The van der Waals surface area contributed by atoms with Crippen molar-refractivity contribution >= 4 is 5.97 Å². The van der Waals surface area contributed by atoms with Crippen LogP contribution < -0.4 is 0 Å². The van der Waals surface area contributed by atoms with Crippen LogP contribution in [0.3, 0.4) is 0 Å². The molecule has 0 aromatic rings. The summed E-state index contributed by atoms with van der Waals surface area (Å²) in [6, 6.07) is 0. The largest absolute Gasteiger partial charge is 0.445 e. The summed E-state index contributed by atoms with van der Waals surface area (Å²) in [7, 11) is 0. The Bertz CT molecular complexity index is 400. The van der Waals surface area contributed by atoms with E-state index in [1.54, 1.807) is 0 Å². The monoisotopic (exact) mass is 262 g/mol. The lowest BCUT2D eigenvalue weighted by molar-refractivity contribution is -0.191. The van der Waals surface area contributed by atoms with Crippen LogP contribution in [0.25, 0.3) is 0 Å². The summed E-state index contributed by atoms with van der Waals surface area (Å²) in [5.41, 5.74) is 0.356. The van der Waals surface area contributed by atoms with E-state index < -0.39 is 5.79 Å². The van der Waals surface area contributed by atoms with E-state index in [1.807, 2.05) is 6.92 Å². The summed E-state index contributed by atoms with van der Waals surface area (Å²) in [4.78, 5) is 11.5. The minimum atomic E-state index is -0.764. The average molecular weight is 262 g/mol. The SMILES string of the molecule is C=C1OC(C)(CC23CC4CC(CC(C4)C2)C3)OC1=O. The van der Waals surface area contributed by atoms with Gasteiger partial charge in [-0.3, -0.25) is 0 Å². The van der Waals surface area contributed by atoms with Crippen molar-refractivity contribution in [2.24, 2.45) is 23.2 Å². The van der Waals surface area contributed by atoms with Gasteiger partial charge in [0.15, 0.2) is 0 Å². The van der Waals surface area contributed by atoms with Crippen LogP contribution in [0, 0.1) is 23.2 Å².